The Labute approximate surface area is 110 Å². The average molecular weight is 272 g/mol. The predicted molar refractivity (Wildman–Crippen MR) is 68.1 cm³/mol. The quantitative estimate of drug-likeness (QED) is 0.855. The molecule has 0 aliphatic carbocycles. The second kappa shape index (κ2) is 6.86. The first-order valence-corrected chi connectivity index (χ1v) is 5.86. The minimum atomic E-state index is -0.634. The summed E-state index contributed by atoms with van der Waals surface area (Å²) in [6.07, 6.45) is -0.634. The van der Waals surface area contributed by atoms with Gasteiger partial charge in [-0.3, -0.25) is 5.32 Å². The van der Waals surface area contributed by atoms with E-state index in [1.807, 2.05) is 0 Å². The van der Waals surface area contributed by atoms with Crippen molar-refractivity contribution in [2.45, 2.75) is 13.8 Å². The van der Waals surface area contributed by atoms with Crippen LogP contribution in [0.5, 0.6) is 0 Å². The topological polar surface area (TPSA) is 64.6 Å². The van der Waals surface area contributed by atoms with Gasteiger partial charge in [0.05, 0.1) is 24.5 Å². The molecular weight excluding hydrogens is 258 g/mol. The van der Waals surface area contributed by atoms with Crippen LogP contribution in [0.2, 0.25) is 5.02 Å². The largest absolute Gasteiger partial charge is 0.462 e. The van der Waals surface area contributed by atoms with E-state index in [1.165, 1.54) is 12.1 Å². The molecule has 0 saturated carbocycles. The third-order valence-electron chi connectivity index (χ3n) is 1.99. The molecule has 98 valence electrons. The zero-order valence-corrected chi connectivity index (χ0v) is 10.9. The van der Waals surface area contributed by atoms with Gasteiger partial charge < -0.3 is 9.47 Å². The summed E-state index contributed by atoms with van der Waals surface area (Å²) in [5, 5.41) is 2.84. The molecule has 1 N–H and O–H groups in total. The molecule has 0 saturated heterocycles. The van der Waals surface area contributed by atoms with Gasteiger partial charge in [-0.15, -0.1) is 0 Å². The summed E-state index contributed by atoms with van der Waals surface area (Å²) in [7, 11) is 0. The second-order valence-corrected chi connectivity index (χ2v) is 3.69. The average Bonchev–Trinajstić information content (AvgIpc) is 2.32. The number of ether oxygens (including phenoxy) is 2. The van der Waals surface area contributed by atoms with Crippen LogP contribution in [0.1, 0.15) is 24.2 Å². The lowest BCUT2D eigenvalue weighted by atomic mass is 10.2. The van der Waals surface area contributed by atoms with E-state index in [1.54, 1.807) is 19.9 Å². The van der Waals surface area contributed by atoms with Gasteiger partial charge in [-0.25, -0.2) is 9.59 Å². The van der Waals surface area contributed by atoms with Crippen LogP contribution in [0.15, 0.2) is 18.2 Å². The van der Waals surface area contributed by atoms with Gasteiger partial charge in [-0.05, 0) is 32.0 Å². The Bertz CT molecular complexity index is 448. The van der Waals surface area contributed by atoms with E-state index in [9.17, 15) is 9.59 Å². The van der Waals surface area contributed by atoms with Crippen LogP contribution in [0, 0.1) is 0 Å². The first-order chi connectivity index (χ1) is 8.58. The molecular formula is C12H14ClNO4. The van der Waals surface area contributed by atoms with Gasteiger partial charge in [-0.1, -0.05) is 11.6 Å². The van der Waals surface area contributed by atoms with E-state index >= 15 is 0 Å². The SMILES string of the molecule is CCOC(=O)Nc1ccc(Cl)cc1C(=O)OCC. The van der Waals surface area contributed by atoms with E-state index in [-0.39, 0.29) is 18.8 Å². The van der Waals surface area contributed by atoms with E-state index in [2.05, 4.69) is 5.32 Å². The molecule has 1 rings (SSSR count). The van der Waals surface area contributed by atoms with Gasteiger partial charge in [0.15, 0.2) is 0 Å². The fourth-order valence-corrected chi connectivity index (χ4v) is 1.45. The number of esters is 1. The molecule has 0 aliphatic heterocycles. The van der Waals surface area contributed by atoms with Crippen LogP contribution < -0.4 is 5.32 Å². The number of anilines is 1. The van der Waals surface area contributed by atoms with E-state index in [4.69, 9.17) is 21.1 Å². The monoisotopic (exact) mass is 271 g/mol. The minimum absolute atomic E-state index is 0.192. The highest BCUT2D eigenvalue weighted by Crippen LogP contribution is 2.21. The summed E-state index contributed by atoms with van der Waals surface area (Å²) in [4.78, 5) is 23.0. The number of hydrogen-bond acceptors (Lipinski definition) is 4. The van der Waals surface area contributed by atoms with Crippen molar-refractivity contribution in [2.75, 3.05) is 18.5 Å². The molecule has 18 heavy (non-hydrogen) atoms. The fraction of sp³-hybridized carbons (Fsp3) is 0.333. The van der Waals surface area contributed by atoms with Gasteiger partial charge in [-0.2, -0.15) is 0 Å². The van der Waals surface area contributed by atoms with Gasteiger partial charge in [0.25, 0.3) is 0 Å². The summed E-state index contributed by atoms with van der Waals surface area (Å²) in [5.41, 5.74) is 0.494. The van der Waals surface area contributed by atoms with E-state index in [0.29, 0.717) is 10.7 Å². The van der Waals surface area contributed by atoms with Gasteiger partial charge >= 0.3 is 12.1 Å². The van der Waals surface area contributed by atoms with E-state index < -0.39 is 12.1 Å². The molecule has 0 heterocycles. The van der Waals surface area contributed by atoms with Gasteiger partial charge in [0.2, 0.25) is 0 Å². The van der Waals surface area contributed by atoms with Crippen LogP contribution in [0.4, 0.5) is 10.5 Å². The first kappa shape index (κ1) is 14.3. The number of benzene rings is 1. The van der Waals surface area contributed by atoms with Crippen molar-refractivity contribution in [1.82, 2.24) is 0 Å². The maximum absolute atomic E-state index is 11.7. The van der Waals surface area contributed by atoms with Crippen molar-refractivity contribution < 1.29 is 19.1 Å². The van der Waals surface area contributed by atoms with Crippen molar-refractivity contribution in [3.8, 4) is 0 Å². The van der Waals surface area contributed by atoms with Crippen LogP contribution in [0.25, 0.3) is 0 Å². The number of carbonyl (C=O) groups excluding carboxylic acids is 2. The molecule has 1 aromatic carbocycles. The lowest BCUT2D eigenvalue weighted by Crippen LogP contribution is -2.16. The molecule has 0 unspecified atom stereocenters. The van der Waals surface area contributed by atoms with Gasteiger partial charge in [0, 0.05) is 5.02 Å². The number of rotatable bonds is 4. The Hall–Kier alpha value is -1.75. The zero-order chi connectivity index (χ0) is 13.5. The molecule has 0 radical (unpaired) electrons. The predicted octanol–water partition coefficient (Wildman–Crippen LogP) is 3.09. The Kier molecular flexibility index (Phi) is 5.45. The first-order valence-electron chi connectivity index (χ1n) is 5.49. The Morgan fingerprint density at radius 3 is 2.50 bits per heavy atom. The third kappa shape index (κ3) is 3.92. The van der Waals surface area contributed by atoms with Gasteiger partial charge in [0.1, 0.15) is 0 Å². The third-order valence-corrected chi connectivity index (χ3v) is 2.22. The highest BCUT2D eigenvalue weighted by molar-refractivity contribution is 6.31. The lowest BCUT2D eigenvalue weighted by molar-refractivity contribution is 0.0527. The molecule has 0 spiro atoms. The molecule has 1 amide bonds. The fourth-order valence-electron chi connectivity index (χ4n) is 1.28. The summed E-state index contributed by atoms with van der Waals surface area (Å²) >= 11 is 5.81. The van der Waals surface area contributed by atoms with Crippen molar-refractivity contribution in [1.29, 1.82) is 0 Å². The summed E-state index contributed by atoms with van der Waals surface area (Å²) in [6.45, 7) is 3.87. The standard InChI is InChI=1S/C12H14ClNO4/c1-3-17-11(15)9-7-8(13)5-6-10(9)14-12(16)18-4-2/h5-7H,3-4H2,1-2H3,(H,14,16). The van der Waals surface area contributed by atoms with Crippen LogP contribution in [-0.2, 0) is 9.47 Å². The highest BCUT2D eigenvalue weighted by atomic mass is 35.5. The van der Waals surface area contributed by atoms with Crippen molar-refractivity contribution in [3.63, 3.8) is 0 Å². The van der Waals surface area contributed by atoms with Crippen LogP contribution in [0.3, 0.4) is 0 Å². The summed E-state index contributed by atoms with van der Waals surface area (Å²) < 4.78 is 9.61. The molecule has 1 aromatic rings. The summed E-state index contributed by atoms with van der Waals surface area (Å²) in [6, 6.07) is 4.51. The maximum Gasteiger partial charge on any atom is 0.411 e. The Balaban J connectivity index is 2.96. The number of nitrogens with one attached hydrogen (secondary N) is 1. The summed E-state index contributed by atoms with van der Waals surface area (Å²) in [5.74, 6) is -0.549. The molecule has 0 bridgehead atoms. The second-order valence-electron chi connectivity index (χ2n) is 3.26. The lowest BCUT2D eigenvalue weighted by Gasteiger charge is -2.10. The number of hydrogen-bond donors (Lipinski definition) is 1. The Morgan fingerprint density at radius 1 is 1.22 bits per heavy atom. The maximum atomic E-state index is 11.7. The van der Waals surface area contributed by atoms with Crippen molar-refractivity contribution in [3.05, 3.63) is 28.8 Å². The number of halogens is 1. The molecule has 0 atom stereocenters. The highest BCUT2D eigenvalue weighted by Gasteiger charge is 2.15. The minimum Gasteiger partial charge on any atom is -0.462 e. The zero-order valence-electron chi connectivity index (χ0n) is 10.2. The number of amides is 1. The van der Waals surface area contributed by atoms with Crippen LogP contribution >= 0.6 is 11.6 Å². The molecule has 0 aromatic heterocycles. The molecule has 0 fully saturated rings. The van der Waals surface area contributed by atoms with Crippen LogP contribution in [-0.4, -0.2) is 25.3 Å². The Morgan fingerprint density at radius 2 is 1.89 bits per heavy atom. The normalized spacial score (nSPS) is 9.72. The molecule has 0 aliphatic rings. The molecule has 5 nitrogen and oxygen atoms in total. The van der Waals surface area contributed by atoms with Crippen molar-refractivity contribution >= 4 is 29.4 Å². The van der Waals surface area contributed by atoms with E-state index in [0.717, 1.165) is 0 Å². The van der Waals surface area contributed by atoms with Crippen molar-refractivity contribution in [2.24, 2.45) is 0 Å². The number of carbonyl (C=O) groups is 2. The smallest absolute Gasteiger partial charge is 0.411 e. The molecule has 6 heteroatoms.